The number of hydrogen-bond acceptors (Lipinski definition) is 3. The van der Waals surface area contributed by atoms with Gasteiger partial charge in [0.15, 0.2) is 0 Å². The van der Waals surface area contributed by atoms with Crippen molar-refractivity contribution in [2.45, 2.75) is 57.2 Å². The average molecular weight is 238 g/mol. The van der Waals surface area contributed by atoms with Gasteiger partial charge in [-0.15, -0.1) is 0 Å². The molecule has 0 radical (unpaired) electrons. The number of nitrogens with zero attached hydrogens (tertiary/aromatic N) is 1. The first-order valence-corrected chi connectivity index (χ1v) is 7.43. The summed E-state index contributed by atoms with van der Waals surface area (Å²) >= 11 is 0. The van der Waals surface area contributed by atoms with Gasteiger partial charge in [-0.1, -0.05) is 19.3 Å². The Morgan fingerprint density at radius 1 is 1.18 bits per heavy atom. The van der Waals surface area contributed by atoms with E-state index < -0.39 is 0 Å². The summed E-state index contributed by atoms with van der Waals surface area (Å²) in [6.07, 6.45) is 7.09. The molecule has 0 amide bonds. The van der Waals surface area contributed by atoms with E-state index in [0.717, 1.165) is 44.3 Å². The molecule has 3 nitrogen and oxygen atoms in total. The van der Waals surface area contributed by atoms with Gasteiger partial charge in [-0.05, 0) is 25.7 Å². The molecule has 0 aromatic carbocycles. The number of ether oxygens (including phenoxy) is 1. The normalized spacial score (nSPS) is 44.3. The number of morpholine rings is 1. The van der Waals surface area contributed by atoms with E-state index >= 15 is 0 Å². The van der Waals surface area contributed by atoms with Gasteiger partial charge in [0, 0.05) is 31.2 Å². The Labute approximate surface area is 105 Å². The fourth-order valence-electron chi connectivity index (χ4n) is 4.08. The largest absolute Gasteiger partial charge is 0.378 e. The zero-order valence-electron chi connectivity index (χ0n) is 11.0. The van der Waals surface area contributed by atoms with Crippen LogP contribution < -0.4 is 5.32 Å². The molecule has 2 heterocycles. The molecule has 4 atom stereocenters. The lowest BCUT2D eigenvalue weighted by Gasteiger charge is -2.40. The molecule has 1 N–H and O–H groups in total. The van der Waals surface area contributed by atoms with Crippen molar-refractivity contribution in [1.82, 2.24) is 10.2 Å². The highest BCUT2D eigenvalue weighted by Gasteiger charge is 2.38. The molecular formula is C14H26N2O. The highest BCUT2D eigenvalue weighted by Crippen LogP contribution is 2.32. The van der Waals surface area contributed by atoms with Crippen LogP contribution in [0.1, 0.15) is 39.0 Å². The lowest BCUT2D eigenvalue weighted by molar-refractivity contribution is -0.0281. The van der Waals surface area contributed by atoms with Crippen molar-refractivity contribution in [3.63, 3.8) is 0 Å². The first-order valence-electron chi connectivity index (χ1n) is 7.43. The first-order chi connectivity index (χ1) is 8.36. The Balaban J connectivity index is 1.77. The number of hydrogen-bond donors (Lipinski definition) is 1. The molecule has 2 saturated heterocycles. The van der Waals surface area contributed by atoms with Gasteiger partial charge in [-0.2, -0.15) is 0 Å². The summed E-state index contributed by atoms with van der Waals surface area (Å²) in [4.78, 5) is 2.71. The van der Waals surface area contributed by atoms with Crippen LogP contribution in [0.4, 0.5) is 0 Å². The van der Waals surface area contributed by atoms with Crippen molar-refractivity contribution in [2.75, 3.05) is 26.3 Å². The molecule has 98 valence electrons. The molecule has 2 unspecified atom stereocenters. The summed E-state index contributed by atoms with van der Waals surface area (Å²) in [5.74, 6) is 0.862. The lowest BCUT2D eigenvalue weighted by atomic mass is 9.88. The van der Waals surface area contributed by atoms with E-state index in [1.54, 1.807) is 0 Å². The third-order valence-electron chi connectivity index (χ3n) is 5.10. The van der Waals surface area contributed by atoms with Crippen LogP contribution in [-0.4, -0.2) is 49.3 Å². The lowest BCUT2D eigenvalue weighted by Crippen LogP contribution is -2.52. The molecule has 0 spiro atoms. The summed E-state index contributed by atoms with van der Waals surface area (Å²) in [7, 11) is 0. The summed E-state index contributed by atoms with van der Waals surface area (Å²) in [6, 6.07) is 2.12. The van der Waals surface area contributed by atoms with Gasteiger partial charge in [-0.3, -0.25) is 4.90 Å². The van der Waals surface area contributed by atoms with Gasteiger partial charge in [0.25, 0.3) is 0 Å². The minimum atomic E-state index is 0.616. The molecule has 1 aliphatic carbocycles. The second kappa shape index (κ2) is 5.25. The minimum Gasteiger partial charge on any atom is -0.378 e. The van der Waals surface area contributed by atoms with Gasteiger partial charge < -0.3 is 10.1 Å². The molecule has 17 heavy (non-hydrogen) atoms. The molecule has 0 aromatic rings. The van der Waals surface area contributed by atoms with E-state index in [0.29, 0.717) is 6.04 Å². The van der Waals surface area contributed by atoms with Crippen molar-refractivity contribution >= 4 is 0 Å². The average Bonchev–Trinajstić information content (AvgIpc) is 2.66. The third-order valence-corrected chi connectivity index (χ3v) is 5.10. The Morgan fingerprint density at radius 3 is 3.00 bits per heavy atom. The summed E-state index contributed by atoms with van der Waals surface area (Å²) in [5, 5.41) is 3.83. The second-order valence-electron chi connectivity index (χ2n) is 6.02. The maximum atomic E-state index is 5.64. The number of fused-ring (bicyclic) bond motifs is 2. The topological polar surface area (TPSA) is 24.5 Å². The molecule has 0 aromatic heterocycles. The van der Waals surface area contributed by atoms with Crippen LogP contribution in [-0.2, 0) is 4.74 Å². The van der Waals surface area contributed by atoms with Crippen molar-refractivity contribution in [3.05, 3.63) is 0 Å². The van der Waals surface area contributed by atoms with Crippen molar-refractivity contribution in [1.29, 1.82) is 0 Å². The molecule has 3 rings (SSSR count). The van der Waals surface area contributed by atoms with Crippen LogP contribution in [0.15, 0.2) is 0 Å². The van der Waals surface area contributed by atoms with E-state index in [2.05, 4.69) is 17.1 Å². The van der Waals surface area contributed by atoms with Crippen molar-refractivity contribution < 1.29 is 4.74 Å². The van der Waals surface area contributed by atoms with Gasteiger partial charge in [0.2, 0.25) is 0 Å². The van der Waals surface area contributed by atoms with Crippen LogP contribution in [0.2, 0.25) is 0 Å². The van der Waals surface area contributed by atoms with Gasteiger partial charge in [0.05, 0.1) is 13.2 Å². The van der Waals surface area contributed by atoms with Gasteiger partial charge in [-0.25, -0.2) is 0 Å². The highest BCUT2D eigenvalue weighted by atomic mass is 16.5. The molecule has 2 aliphatic heterocycles. The minimum absolute atomic E-state index is 0.616. The quantitative estimate of drug-likeness (QED) is 0.694. The van der Waals surface area contributed by atoms with E-state index in [9.17, 15) is 0 Å². The van der Waals surface area contributed by atoms with E-state index in [1.165, 1.54) is 32.1 Å². The van der Waals surface area contributed by atoms with Crippen LogP contribution in [0.3, 0.4) is 0 Å². The molecule has 3 fully saturated rings. The second-order valence-corrected chi connectivity index (χ2v) is 6.02. The zero-order valence-corrected chi connectivity index (χ0v) is 11.0. The van der Waals surface area contributed by atoms with Crippen LogP contribution in [0.5, 0.6) is 0 Å². The Kier molecular flexibility index (Phi) is 3.69. The predicted molar refractivity (Wildman–Crippen MR) is 69.1 cm³/mol. The fourth-order valence-corrected chi connectivity index (χ4v) is 4.08. The Morgan fingerprint density at radius 2 is 2.06 bits per heavy atom. The SMILES string of the molecule is C[C@H]1[C@@H]2CCCCCC2NCC2COCCN21. The number of rotatable bonds is 0. The maximum absolute atomic E-state index is 5.64. The van der Waals surface area contributed by atoms with Crippen LogP contribution in [0.25, 0.3) is 0 Å². The molecular weight excluding hydrogens is 212 g/mol. The monoisotopic (exact) mass is 238 g/mol. The van der Waals surface area contributed by atoms with Crippen LogP contribution in [0, 0.1) is 5.92 Å². The number of nitrogens with one attached hydrogen (secondary N) is 1. The van der Waals surface area contributed by atoms with Crippen LogP contribution >= 0.6 is 0 Å². The fraction of sp³-hybridized carbons (Fsp3) is 1.00. The smallest absolute Gasteiger partial charge is 0.0635 e. The first kappa shape index (κ1) is 11.9. The van der Waals surface area contributed by atoms with E-state index in [4.69, 9.17) is 4.74 Å². The Hall–Kier alpha value is -0.120. The van der Waals surface area contributed by atoms with E-state index in [1.807, 2.05) is 0 Å². The maximum Gasteiger partial charge on any atom is 0.0635 e. The summed E-state index contributed by atoms with van der Waals surface area (Å²) < 4.78 is 5.64. The van der Waals surface area contributed by atoms with Crippen molar-refractivity contribution in [2.24, 2.45) is 5.92 Å². The van der Waals surface area contributed by atoms with Crippen molar-refractivity contribution in [3.8, 4) is 0 Å². The standard InChI is InChI=1S/C14H26N2O/c1-11-13-5-3-2-4-6-14(13)15-9-12-10-17-8-7-16(11)12/h11-15H,2-10H2,1H3/t11-,12?,13-,14?/m0/s1. The third kappa shape index (κ3) is 2.38. The molecule has 1 saturated carbocycles. The summed E-state index contributed by atoms with van der Waals surface area (Å²) in [5.41, 5.74) is 0. The van der Waals surface area contributed by atoms with Gasteiger partial charge >= 0.3 is 0 Å². The molecule has 0 bridgehead atoms. The predicted octanol–water partition coefficient (Wildman–Crippen LogP) is 1.63. The molecule has 3 heteroatoms. The zero-order chi connectivity index (χ0) is 11.7. The molecule has 3 aliphatic rings. The van der Waals surface area contributed by atoms with E-state index in [-0.39, 0.29) is 0 Å². The van der Waals surface area contributed by atoms with Gasteiger partial charge in [0.1, 0.15) is 0 Å². The Bertz CT molecular complexity index is 259. The highest BCUT2D eigenvalue weighted by molar-refractivity contribution is 4.95. The summed E-state index contributed by atoms with van der Waals surface area (Å²) in [6.45, 7) is 6.57.